The number of rotatable bonds is 2. The van der Waals surface area contributed by atoms with Gasteiger partial charge in [-0.15, -0.1) is 0 Å². The Morgan fingerprint density at radius 1 is 1.17 bits per heavy atom. The third kappa shape index (κ3) is 2.51. The highest BCUT2D eigenvalue weighted by atomic mass is 15.1. The largest absolute Gasteiger partial charge is 0.297 e. The molecule has 0 amide bonds. The molecule has 1 aromatic heterocycles. The predicted octanol–water partition coefficient (Wildman–Crippen LogP) is 2.86. The van der Waals surface area contributed by atoms with Crippen molar-refractivity contribution in [1.82, 2.24) is 14.9 Å². The Balaban J connectivity index is 1.74. The fourth-order valence-corrected chi connectivity index (χ4v) is 2.52. The second-order valence-corrected chi connectivity index (χ2v) is 5.31. The van der Waals surface area contributed by atoms with Gasteiger partial charge in [-0.25, -0.2) is 4.98 Å². The molecule has 2 heterocycles. The lowest BCUT2D eigenvalue weighted by atomic mass is 9.99. The molecule has 1 aliphatic rings. The van der Waals surface area contributed by atoms with Crippen LogP contribution in [0.5, 0.6) is 0 Å². The van der Waals surface area contributed by atoms with Crippen LogP contribution in [0.4, 0.5) is 0 Å². The van der Waals surface area contributed by atoms with E-state index in [1.54, 1.807) is 0 Å². The van der Waals surface area contributed by atoms with Gasteiger partial charge in [0, 0.05) is 6.54 Å². The Hall–Kier alpha value is -1.48. The predicted molar refractivity (Wildman–Crippen MR) is 73.2 cm³/mol. The molecule has 2 aromatic rings. The maximum atomic E-state index is 4.68. The fraction of sp³-hybridized carbons (Fsp3) is 0.467. The van der Waals surface area contributed by atoms with E-state index in [4.69, 9.17) is 0 Å². The van der Waals surface area contributed by atoms with Crippen molar-refractivity contribution in [1.29, 1.82) is 0 Å². The minimum atomic E-state index is 0.879. The maximum absolute atomic E-state index is 4.68. The molecule has 0 saturated carbocycles. The molecule has 0 atom stereocenters. The van der Waals surface area contributed by atoms with Gasteiger partial charge >= 0.3 is 0 Å². The lowest BCUT2D eigenvalue weighted by Crippen LogP contribution is -2.32. The van der Waals surface area contributed by atoms with Crippen molar-refractivity contribution in [2.24, 2.45) is 5.92 Å². The Labute approximate surface area is 108 Å². The molecule has 94 valence electrons. The van der Waals surface area contributed by atoms with Gasteiger partial charge in [-0.05, 0) is 44.0 Å². The number of piperidine rings is 1. The Bertz CT molecular complexity index is 530. The van der Waals surface area contributed by atoms with Crippen LogP contribution in [0.15, 0.2) is 30.5 Å². The first-order valence-corrected chi connectivity index (χ1v) is 6.74. The molecule has 3 heteroatoms. The number of nitrogens with zero attached hydrogens (tertiary/aromatic N) is 3. The van der Waals surface area contributed by atoms with E-state index in [0.717, 1.165) is 29.2 Å². The van der Waals surface area contributed by atoms with Crippen molar-refractivity contribution in [3.8, 4) is 0 Å². The average Bonchev–Trinajstić information content (AvgIpc) is 2.41. The molecule has 1 saturated heterocycles. The van der Waals surface area contributed by atoms with Gasteiger partial charge in [0.1, 0.15) is 0 Å². The minimum Gasteiger partial charge on any atom is -0.297 e. The quantitative estimate of drug-likeness (QED) is 0.809. The van der Waals surface area contributed by atoms with Gasteiger partial charge in [0.05, 0.1) is 22.9 Å². The van der Waals surface area contributed by atoms with Crippen molar-refractivity contribution in [2.45, 2.75) is 26.3 Å². The van der Waals surface area contributed by atoms with Crippen molar-refractivity contribution in [3.63, 3.8) is 0 Å². The third-order valence-corrected chi connectivity index (χ3v) is 3.76. The molecule has 3 nitrogen and oxygen atoms in total. The van der Waals surface area contributed by atoms with Gasteiger partial charge < -0.3 is 0 Å². The monoisotopic (exact) mass is 241 g/mol. The highest BCUT2D eigenvalue weighted by Gasteiger charge is 2.16. The summed E-state index contributed by atoms with van der Waals surface area (Å²) < 4.78 is 0. The van der Waals surface area contributed by atoms with Crippen LogP contribution in [0.2, 0.25) is 0 Å². The normalized spacial score (nSPS) is 18.3. The summed E-state index contributed by atoms with van der Waals surface area (Å²) >= 11 is 0. The van der Waals surface area contributed by atoms with Crippen molar-refractivity contribution < 1.29 is 0 Å². The third-order valence-electron chi connectivity index (χ3n) is 3.76. The zero-order valence-corrected chi connectivity index (χ0v) is 10.8. The second kappa shape index (κ2) is 5.02. The molecule has 0 unspecified atom stereocenters. The van der Waals surface area contributed by atoms with E-state index in [2.05, 4.69) is 21.8 Å². The van der Waals surface area contributed by atoms with Gasteiger partial charge in [0.15, 0.2) is 0 Å². The van der Waals surface area contributed by atoms with E-state index < -0.39 is 0 Å². The molecule has 1 aromatic carbocycles. The summed E-state index contributed by atoms with van der Waals surface area (Å²) in [5, 5.41) is 0. The number of para-hydroxylation sites is 2. The smallest absolute Gasteiger partial charge is 0.0890 e. The number of hydrogen-bond acceptors (Lipinski definition) is 3. The van der Waals surface area contributed by atoms with Crippen molar-refractivity contribution in [2.75, 3.05) is 13.1 Å². The first-order chi connectivity index (χ1) is 8.81. The van der Waals surface area contributed by atoms with E-state index in [0.29, 0.717) is 0 Å². The topological polar surface area (TPSA) is 29.0 Å². The average molecular weight is 241 g/mol. The Morgan fingerprint density at radius 2 is 1.89 bits per heavy atom. The number of benzene rings is 1. The standard InChI is InChI=1S/C15H19N3/c1-12-6-8-18(9-7-12)11-13-10-16-14-4-2-3-5-15(14)17-13/h2-5,10,12H,6-9,11H2,1H3. The van der Waals surface area contributed by atoms with Gasteiger partial charge in [-0.2, -0.15) is 0 Å². The first kappa shape index (κ1) is 11.6. The van der Waals surface area contributed by atoms with Crippen LogP contribution in [-0.2, 0) is 6.54 Å². The van der Waals surface area contributed by atoms with Crippen LogP contribution in [0.25, 0.3) is 11.0 Å². The SMILES string of the molecule is CC1CCN(Cc2cnc3ccccc3n2)CC1. The number of aromatic nitrogens is 2. The molecular weight excluding hydrogens is 222 g/mol. The number of fused-ring (bicyclic) bond motifs is 1. The lowest BCUT2D eigenvalue weighted by molar-refractivity contribution is 0.183. The first-order valence-electron chi connectivity index (χ1n) is 6.74. The summed E-state index contributed by atoms with van der Waals surface area (Å²) in [6.07, 6.45) is 4.53. The zero-order chi connectivity index (χ0) is 12.4. The molecule has 3 rings (SSSR count). The summed E-state index contributed by atoms with van der Waals surface area (Å²) in [7, 11) is 0. The van der Waals surface area contributed by atoms with E-state index in [1.165, 1.54) is 25.9 Å². The van der Waals surface area contributed by atoms with Crippen LogP contribution >= 0.6 is 0 Å². The number of hydrogen-bond donors (Lipinski definition) is 0. The second-order valence-electron chi connectivity index (χ2n) is 5.31. The summed E-state index contributed by atoms with van der Waals surface area (Å²) in [4.78, 5) is 11.6. The van der Waals surface area contributed by atoms with Crippen LogP contribution in [0, 0.1) is 5.92 Å². The van der Waals surface area contributed by atoms with E-state index >= 15 is 0 Å². The highest BCUT2D eigenvalue weighted by Crippen LogP contribution is 2.18. The molecule has 1 fully saturated rings. The minimum absolute atomic E-state index is 0.879. The summed E-state index contributed by atoms with van der Waals surface area (Å²) in [6.45, 7) is 5.66. The maximum Gasteiger partial charge on any atom is 0.0890 e. The van der Waals surface area contributed by atoms with Gasteiger partial charge in [-0.3, -0.25) is 9.88 Å². The molecule has 0 bridgehead atoms. The van der Waals surface area contributed by atoms with Crippen LogP contribution in [0.3, 0.4) is 0 Å². The molecular formula is C15H19N3. The molecule has 0 aliphatic carbocycles. The van der Waals surface area contributed by atoms with Crippen LogP contribution in [0.1, 0.15) is 25.5 Å². The molecule has 0 radical (unpaired) electrons. The number of likely N-dealkylation sites (tertiary alicyclic amines) is 1. The Morgan fingerprint density at radius 3 is 2.67 bits per heavy atom. The summed E-state index contributed by atoms with van der Waals surface area (Å²) in [5.74, 6) is 0.879. The van der Waals surface area contributed by atoms with E-state index in [-0.39, 0.29) is 0 Å². The van der Waals surface area contributed by atoms with Crippen molar-refractivity contribution in [3.05, 3.63) is 36.2 Å². The zero-order valence-electron chi connectivity index (χ0n) is 10.8. The highest BCUT2D eigenvalue weighted by molar-refractivity contribution is 5.73. The van der Waals surface area contributed by atoms with E-state index in [1.807, 2.05) is 30.5 Å². The molecule has 18 heavy (non-hydrogen) atoms. The Kier molecular flexibility index (Phi) is 3.24. The molecule has 1 aliphatic heterocycles. The van der Waals surface area contributed by atoms with Gasteiger partial charge in [-0.1, -0.05) is 19.1 Å². The summed E-state index contributed by atoms with van der Waals surface area (Å²) in [6, 6.07) is 8.06. The molecule has 0 N–H and O–H groups in total. The lowest BCUT2D eigenvalue weighted by Gasteiger charge is -2.29. The van der Waals surface area contributed by atoms with E-state index in [9.17, 15) is 0 Å². The van der Waals surface area contributed by atoms with Gasteiger partial charge in [0.25, 0.3) is 0 Å². The van der Waals surface area contributed by atoms with Gasteiger partial charge in [0.2, 0.25) is 0 Å². The molecule has 0 spiro atoms. The van der Waals surface area contributed by atoms with Crippen LogP contribution in [-0.4, -0.2) is 28.0 Å². The fourth-order valence-electron chi connectivity index (χ4n) is 2.52. The summed E-state index contributed by atoms with van der Waals surface area (Å²) in [5.41, 5.74) is 3.07. The van der Waals surface area contributed by atoms with Crippen molar-refractivity contribution >= 4 is 11.0 Å². The van der Waals surface area contributed by atoms with Crippen LogP contribution < -0.4 is 0 Å².